The standard InChI is InChI=1S/C11H10FNO3/c1-16-10-7(2-3-8(12)9(10)15)11(4-5-11)13-6-14/h2-3,15H,4-5H2,1H3. The third-order valence-corrected chi connectivity index (χ3v) is 2.77. The highest BCUT2D eigenvalue weighted by Gasteiger charge is 2.47. The van der Waals surface area contributed by atoms with E-state index in [1.54, 1.807) is 0 Å². The van der Waals surface area contributed by atoms with Crippen molar-refractivity contribution < 1.29 is 19.0 Å². The number of ether oxygens (including phenoxy) is 1. The summed E-state index contributed by atoms with van der Waals surface area (Å²) in [6, 6.07) is 2.61. The van der Waals surface area contributed by atoms with Crippen LogP contribution < -0.4 is 4.74 Å². The first-order valence-corrected chi connectivity index (χ1v) is 4.79. The average molecular weight is 223 g/mol. The van der Waals surface area contributed by atoms with Crippen LogP contribution in [-0.4, -0.2) is 18.3 Å². The number of hydrogen-bond acceptors (Lipinski definition) is 4. The molecule has 5 heteroatoms. The van der Waals surface area contributed by atoms with Crippen molar-refractivity contribution in [1.29, 1.82) is 0 Å². The molecule has 1 fully saturated rings. The van der Waals surface area contributed by atoms with Crippen LogP contribution in [0.3, 0.4) is 0 Å². The summed E-state index contributed by atoms with van der Waals surface area (Å²) in [5.74, 6) is -1.27. The van der Waals surface area contributed by atoms with Gasteiger partial charge in [-0.25, -0.2) is 9.18 Å². The molecule has 0 heterocycles. The zero-order chi connectivity index (χ0) is 11.8. The van der Waals surface area contributed by atoms with Gasteiger partial charge in [0.05, 0.1) is 7.11 Å². The second-order valence-corrected chi connectivity index (χ2v) is 3.71. The van der Waals surface area contributed by atoms with Gasteiger partial charge in [0, 0.05) is 5.56 Å². The summed E-state index contributed by atoms with van der Waals surface area (Å²) in [6.07, 6.45) is 2.84. The fraction of sp³-hybridized carbons (Fsp3) is 0.364. The fourth-order valence-electron chi connectivity index (χ4n) is 1.77. The number of aliphatic imine (C=N–C) groups is 1. The molecule has 1 aliphatic carbocycles. The van der Waals surface area contributed by atoms with Crippen LogP contribution in [0.5, 0.6) is 11.5 Å². The molecule has 1 N–H and O–H groups in total. The Morgan fingerprint density at radius 2 is 2.25 bits per heavy atom. The van der Waals surface area contributed by atoms with E-state index < -0.39 is 17.1 Å². The lowest BCUT2D eigenvalue weighted by atomic mass is 10.0. The molecular weight excluding hydrogens is 213 g/mol. The number of halogens is 1. The smallest absolute Gasteiger partial charge is 0.235 e. The first kappa shape index (κ1) is 10.6. The minimum Gasteiger partial charge on any atom is -0.502 e. The van der Waals surface area contributed by atoms with Crippen molar-refractivity contribution in [2.75, 3.05) is 7.11 Å². The lowest BCUT2D eigenvalue weighted by Crippen LogP contribution is -2.05. The molecule has 1 aliphatic rings. The number of methoxy groups -OCH3 is 1. The molecule has 0 atom stereocenters. The monoisotopic (exact) mass is 223 g/mol. The average Bonchev–Trinajstić information content (AvgIpc) is 3.03. The first-order chi connectivity index (χ1) is 7.64. The van der Waals surface area contributed by atoms with E-state index in [9.17, 15) is 14.3 Å². The summed E-state index contributed by atoms with van der Waals surface area (Å²) in [6.45, 7) is 0. The van der Waals surface area contributed by atoms with Gasteiger partial charge < -0.3 is 9.84 Å². The number of nitrogens with zero attached hydrogens (tertiary/aromatic N) is 1. The molecule has 4 nitrogen and oxygen atoms in total. The van der Waals surface area contributed by atoms with Crippen molar-refractivity contribution >= 4 is 6.08 Å². The number of isocyanates is 1. The highest BCUT2D eigenvalue weighted by Crippen LogP contribution is 2.54. The molecule has 0 radical (unpaired) electrons. The van der Waals surface area contributed by atoms with Crippen LogP contribution >= 0.6 is 0 Å². The van der Waals surface area contributed by atoms with Gasteiger partial charge >= 0.3 is 0 Å². The summed E-state index contributed by atoms with van der Waals surface area (Å²) >= 11 is 0. The minimum atomic E-state index is -0.758. The molecule has 0 bridgehead atoms. The Morgan fingerprint density at radius 1 is 1.56 bits per heavy atom. The molecular formula is C11H10FNO3. The number of phenols is 1. The Kier molecular flexibility index (Phi) is 2.40. The molecule has 1 aromatic rings. The lowest BCUT2D eigenvalue weighted by molar-refractivity contribution is 0.350. The van der Waals surface area contributed by atoms with Gasteiger partial charge in [0.15, 0.2) is 17.3 Å². The van der Waals surface area contributed by atoms with Gasteiger partial charge in [0.1, 0.15) is 5.54 Å². The first-order valence-electron chi connectivity index (χ1n) is 4.79. The van der Waals surface area contributed by atoms with Crippen LogP contribution in [0, 0.1) is 5.82 Å². The van der Waals surface area contributed by atoms with Crippen molar-refractivity contribution in [1.82, 2.24) is 0 Å². The fourth-order valence-corrected chi connectivity index (χ4v) is 1.77. The third kappa shape index (κ3) is 1.46. The van der Waals surface area contributed by atoms with Gasteiger partial charge in [0.25, 0.3) is 0 Å². The Balaban J connectivity index is 2.57. The summed E-state index contributed by atoms with van der Waals surface area (Å²) in [5, 5.41) is 9.50. The molecule has 1 aromatic carbocycles. The molecule has 0 unspecified atom stereocenters. The number of benzene rings is 1. The second-order valence-electron chi connectivity index (χ2n) is 3.71. The summed E-state index contributed by atoms with van der Waals surface area (Å²) in [7, 11) is 1.33. The molecule has 0 aliphatic heterocycles. The maximum atomic E-state index is 13.1. The van der Waals surface area contributed by atoms with E-state index in [4.69, 9.17) is 4.74 Å². The maximum absolute atomic E-state index is 13.1. The largest absolute Gasteiger partial charge is 0.502 e. The number of hydrogen-bond donors (Lipinski definition) is 1. The van der Waals surface area contributed by atoms with E-state index in [2.05, 4.69) is 4.99 Å². The molecule has 0 amide bonds. The van der Waals surface area contributed by atoms with Crippen LogP contribution in [-0.2, 0) is 10.3 Å². The summed E-state index contributed by atoms with van der Waals surface area (Å²) in [5.41, 5.74) is -0.157. The van der Waals surface area contributed by atoms with Gasteiger partial charge in [-0.15, -0.1) is 0 Å². The van der Waals surface area contributed by atoms with Crippen molar-refractivity contribution in [2.45, 2.75) is 18.4 Å². The van der Waals surface area contributed by atoms with Crippen LogP contribution in [0.4, 0.5) is 4.39 Å². The number of rotatable bonds is 3. The Labute approximate surface area is 91.4 Å². The highest BCUT2D eigenvalue weighted by molar-refractivity contribution is 5.53. The summed E-state index contributed by atoms with van der Waals surface area (Å²) in [4.78, 5) is 14.0. The van der Waals surface area contributed by atoms with Gasteiger partial charge in [-0.05, 0) is 25.0 Å². The topological polar surface area (TPSA) is 58.9 Å². The number of carbonyl (C=O) groups excluding carboxylic acids is 1. The van der Waals surface area contributed by atoms with E-state index in [0.29, 0.717) is 18.4 Å². The van der Waals surface area contributed by atoms with Gasteiger partial charge in [0.2, 0.25) is 6.08 Å². The van der Waals surface area contributed by atoms with E-state index in [1.807, 2.05) is 0 Å². The van der Waals surface area contributed by atoms with Gasteiger partial charge in [-0.3, -0.25) is 0 Å². The normalized spacial score (nSPS) is 16.4. The van der Waals surface area contributed by atoms with Gasteiger partial charge in [-0.1, -0.05) is 0 Å². The zero-order valence-corrected chi connectivity index (χ0v) is 8.66. The molecule has 84 valence electrons. The lowest BCUT2D eigenvalue weighted by Gasteiger charge is -2.14. The summed E-state index contributed by atoms with van der Waals surface area (Å²) < 4.78 is 18.1. The van der Waals surface area contributed by atoms with E-state index in [1.165, 1.54) is 19.3 Å². The van der Waals surface area contributed by atoms with E-state index in [0.717, 1.165) is 6.07 Å². The van der Waals surface area contributed by atoms with Crippen LogP contribution in [0.25, 0.3) is 0 Å². The van der Waals surface area contributed by atoms with E-state index >= 15 is 0 Å². The van der Waals surface area contributed by atoms with Crippen molar-refractivity contribution in [3.8, 4) is 11.5 Å². The predicted molar refractivity (Wildman–Crippen MR) is 53.7 cm³/mol. The minimum absolute atomic E-state index is 0.0384. The van der Waals surface area contributed by atoms with Gasteiger partial charge in [-0.2, -0.15) is 4.99 Å². The Hall–Kier alpha value is -1.87. The van der Waals surface area contributed by atoms with Crippen molar-refractivity contribution in [3.05, 3.63) is 23.5 Å². The van der Waals surface area contributed by atoms with Crippen molar-refractivity contribution in [3.63, 3.8) is 0 Å². The third-order valence-electron chi connectivity index (χ3n) is 2.77. The maximum Gasteiger partial charge on any atom is 0.235 e. The number of aromatic hydroxyl groups is 1. The molecule has 2 rings (SSSR count). The SMILES string of the molecule is COc1c(C2(N=C=O)CC2)ccc(F)c1O. The highest BCUT2D eigenvalue weighted by atomic mass is 19.1. The molecule has 0 spiro atoms. The molecule has 0 saturated heterocycles. The van der Waals surface area contributed by atoms with Crippen molar-refractivity contribution in [2.24, 2.45) is 4.99 Å². The second kappa shape index (κ2) is 3.61. The van der Waals surface area contributed by atoms with E-state index in [-0.39, 0.29) is 5.75 Å². The predicted octanol–water partition coefficient (Wildman–Crippen LogP) is 1.86. The molecule has 0 aromatic heterocycles. The van der Waals surface area contributed by atoms with Crippen LogP contribution in [0.1, 0.15) is 18.4 Å². The Bertz CT molecular complexity index is 476. The number of phenolic OH excluding ortho intramolecular Hbond substituents is 1. The van der Waals surface area contributed by atoms with Crippen LogP contribution in [0.15, 0.2) is 17.1 Å². The molecule has 1 saturated carbocycles. The molecule has 16 heavy (non-hydrogen) atoms. The van der Waals surface area contributed by atoms with Crippen LogP contribution in [0.2, 0.25) is 0 Å². The zero-order valence-electron chi connectivity index (χ0n) is 8.66. The quantitative estimate of drug-likeness (QED) is 0.628. The Morgan fingerprint density at radius 3 is 2.75 bits per heavy atom.